The highest BCUT2D eigenvalue weighted by molar-refractivity contribution is 5.51. The van der Waals surface area contributed by atoms with Gasteiger partial charge in [0.15, 0.2) is 6.17 Å². The molecule has 1 heteroatoms. The van der Waals surface area contributed by atoms with Gasteiger partial charge in [-0.25, -0.2) is 4.39 Å². The molecule has 2 saturated carbocycles. The third kappa shape index (κ3) is 3.09. The average molecular weight is 429 g/mol. The van der Waals surface area contributed by atoms with Gasteiger partial charge in [-0.05, 0) is 92.8 Å². The van der Waals surface area contributed by atoms with Crippen LogP contribution in [0.25, 0.3) is 0 Å². The van der Waals surface area contributed by atoms with E-state index in [1.54, 1.807) is 18.1 Å². The maximum atomic E-state index is 15.6. The number of aryl methyl sites for hydroxylation is 1. The Morgan fingerprint density at radius 2 is 1.84 bits per heavy atom. The molecule has 4 aliphatic carbocycles. The molecule has 0 N–H and O–H groups in total. The first kappa shape index (κ1) is 21.8. The highest BCUT2D eigenvalue weighted by Crippen LogP contribution is 2.70. The molecule has 2 fully saturated rings. The van der Waals surface area contributed by atoms with Crippen LogP contribution < -0.4 is 0 Å². The summed E-state index contributed by atoms with van der Waals surface area (Å²) in [6.07, 6.45) is 9.00. The second kappa shape index (κ2) is 7.76. The normalized spacial score (nSPS) is 37.0. The molecule has 0 aliphatic heterocycles. The molecule has 0 radical (unpaired) electrons. The number of hydrogen-bond acceptors (Lipinski definition) is 0. The van der Waals surface area contributed by atoms with Crippen molar-refractivity contribution in [3.63, 3.8) is 0 Å². The van der Waals surface area contributed by atoms with Crippen LogP contribution in [0, 0.1) is 41.4 Å². The van der Waals surface area contributed by atoms with E-state index in [0.717, 1.165) is 38.5 Å². The molecule has 0 bridgehead atoms. The van der Waals surface area contributed by atoms with Crippen molar-refractivity contribution < 1.29 is 4.39 Å². The number of benzene rings is 1. The third-order valence-corrected chi connectivity index (χ3v) is 9.83. The smallest absolute Gasteiger partial charge is 0.166 e. The van der Waals surface area contributed by atoms with Crippen molar-refractivity contribution in [3.05, 3.63) is 70.3 Å². The Morgan fingerprint density at radius 3 is 2.56 bits per heavy atom. The number of allylic oxidation sites excluding steroid dienone is 5. The summed E-state index contributed by atoms with van der Waals surface area (Å²) in [6.45, 7) is 12.8. The number of halogens is 1. The van der Waals surface area contributed by atoms with E-state index < -0.39 is 6.17 Å². The van der Waals surface area contributed by atoms with Gasteiger partial charge in [0.1, 0.15) is 0 Å². The first-order chi connectivity index (χ1) is 15.3. The molecule has 6 atom stereocenters. The summed E-state index contributed by atoms with van der Waals surface area (Å²) < 4.78 is 15.6. The Labute approximate surface area is 194 Å². The zero-order chi connectivity index (χ0) is 22.7. The molecule has 5 unspecified atom stereocenters. The first-order valence-electron chi connectivity index (χ1n) is 12.5. The van der Waals surface area contributed by atoms with Crippen LogP contribution in [-0.2, 0) is 0 Å². The highest BCUT2D eigenvalue weighted by Gasteiger charge is 2.63. The van der Waals surface area contributed by atoms with Gasteiger partial charge in [0.2, 0.25) is 0 Å². The fourth-order valence-corrected chi connectivity index (χ4v) is 7.83. The van der Waals surface area contributed by atoms with Crippen molar-refractivity contribution in [2.75, 3.05) is 0 Å². The van der Waals surface area contributed by atoms with Gasteiger partial charge in [-0.2, -0.15) is 0 Å². The Morgan fingerprint density at radius 1 is 1.09 bits per heavy atom. The van der Waals surface area contributed by atoms with Gasteiger partial charge in [0.05, 0.1) is 0 Å². The zero-order valence-corrected chi connectivity index (χ0v) is 20.2. The molecule has 32 heavy (non-hydrogen) atoms. The molecule has 0 saturated heterocycles. The molecular formula is C31H37F. The van der Waals surface area contributed by atoms with Gasteiger partial charge < -0.3 is 0 Å². The topological polar surface area (TPSA) is 0 Å². The maximum Gasteiger partial charge on any atom is 0.166 e. The lowest BCUT2D eigenvalue weighted by Gasteiger charge is -2.56. The standard InChI is InChI=1S/C31H37F/c1-6-7-28(32)30(4)17-16-27-25-15-13-23-18-21(3)10-14-24(23)29(25)26(19-31(27,30)5)22-11-8-20(2)9-12-22/h8-9,11-12,18,25-28H,3,10,13-17,19H2,1-2,4-5H3/t25?,26?,27?,28?,30-,31?/m0/s1. The molecule has 0 nitrogen and oxygen atoms in total. The average Bonchev–Trinajstić information content (AvgIpc) is 3.05. The lowest BCUT2D eigenvalue weighted by Crippen LogP contribution is -2.50. The summed E-state index contributed by atoms with van der Waals surface area (Å²) in [5, 5.41) is 0. The monoisotopic (exact) mass is 428 g/mol. The Hall–Kier alpha value is -2.07. The zero-order valence-electron chi connectivity index (χ0n) is 20.2. The lowest BCUT2D eigenvalue weighted by molar-refractivity contribution is -0.0268. The van der Waals surface area contributed by atoms with E-state index >= 15 is 4.39 Å². The molecule has 0 aromatic heterocycles. The van der Waals surface area contributed by atoms with E-state index in [0.29, 0.717) is 17.8 Å². The molecule has 5 rings (SSSR count). The quantitative estimate of drug-likeness (QED) is 0.416. The van der Waals surface area contributed by atoms with Crippen LogP contribution in [0.1, 0.15) is 82.8 Å². The van der Waals surface area contributed by atoms with Gasteiger partial charge >= 0.3 is 0 Å². The predicted octanol–water partition coefficient (Wildman–Crippen LogP) is 8.25. The minimum absolute atomic E-state index is 0.0416. The molecule has 1 aromatic carbocycles. The van der Waals surface area contributed by atoms with Crippen molar-refractivity contribution >= 4 is 0 Å². The van der Waals surface area contributed by atoms with E-state index in [1.165, 1.54) is 28.7 Å². The number of alkyl halides is 1. The summed E-state index contributed by atoms with van der Waals surface area (Å²) in [4.78, 5) is 0. The highest BCUT2D eigenvalue weighted by atomic mass is 19.1. The molecule has 0 spiro atoms. The van der Waals surface area contributed by atoms with Crippen molar-refractivity contribution in [2.24, 2.45) is 22.7 Å². The number of rotatable bonds is 2. The fourth-order valence-electron chi connectivity index (χ4n) is 7.83. The Kier molecular flexibility index (Phi) is 5.28. The third-order valence-electron chi connectivity index (χ3n) is 9.83. The summed E-state index contributed by atoms with van der Waals surface area (Å²) in [5.41, 5.74) is 8.43. The summed E-state index contributed by atoms with van der Waals surface area (Å²) >= 11 is 0. The minimum atomic E-state index is -1.05. The SMILES string of the molecule is C=C1C=C2CCC3C(=C2CC1)C(c1ccc(C)cc1)CC1(C)C3CC[C@@]1(C)C(F)C#CC. The molecule has 168 valence electrons. The second-order valence-electron chi connectivity index (χ2n) is 11.3. The summed E-state index contributed by atoms with van der Waals surface area (Å²) in [7, 11) is 0. The van der Waals surface area contributed by atoms with Gasteiger partial charge in [-0.3, -0.25) is 0 Å². The van der Waals surface area contributed by atoms with E-state index in [9.17, 15) is 0 Å². The van der Waals surface area contributed by atoms with Crippen LogP contribution in [0.4, 0.5) is 4.39 Å². The van der Waals surface area contributed by atoms with Crippen molar-refractivity contribution in [1.29, 1.82) is 0 Å². The first-order valence-corrected chi connectivity index (χ1v) is 12.5. The predicted molar refractivity (Wildman–Crippen MR) is 132 cm³/mol. The summed E-state index contributed by atoms with van der Waals surface area (Å²) in [6, 6.07) is 9.17. The molecule has 4 aliphatic rings. The van der Waals surface area contributed by atoms with Crippen LogP contribution in [-0.4, -0.2) is 6.17 Å². The van der Waals surface area contributed by atoms with Gasteiger partial charge in [-0.15, -0.1) is 5.92 Å². The van der Waals surface area contributed by atoms with Crippen molar-refractivity contribution in [1.82, 2.24) is 0 Å². The molecule has 1 aromatic rings. The van der Waals surface area contributed by atoms with Crippen LogP contribution in [0.3, 0.4) is 0 Å². The van der Waals surface area contributed by atoms with Crippen LogP contribution in [0.15, 0.2) is 59.2 Å². The number of hydrogen-bond donors (Lipinski definition) is 0. The lowest BCUT2D eigenvalue weighted by atomic mass is 9.48. The number of fused-ring (bicyclic) bond motifs is 4. The van der Waals surface area contributed by atoms with Gasteiger partial charge in [-0.1, -0.05) is 73.4 Å². The van der Waals surface area contributed by atoms with Crippen molar-refractivity contribution in [2.45, 2.75) is 84.7 Å². The van der Waals surface area contributed by atoms with E-state index in [4.69, 9.17) is 0 Å². The van der Waals surface area contributed by atoms with Crippen LogP contribution in [0.5, 0.6) is 0 Å². The van der Waals surface area contributed by atoms with Gasteiger partial charge in [0, 0.05) is 11.3 Å². The van der Waals surface area contributed by atoms with E-state index in [1.807, 2.05) is 0 Å². The van der Waals surface area contributed by atoms with E-state index in [2.05, 4.69) is 69.5 Å². The van der Waals surface area contributed by atoms with Crippen LogP contribution >= 0.6 is 0 Å². The van der Waals surface area contributed by atoms with Crippen LogP contribution in [0.2, 0.25) is 0 Å². The van der Waals surface area contributed by atoms with Gasteiger partial charge in [0.25, 0.3) is 0 Å². The molecule has 0 heterocycles. The largest absolute Gasteiger partial charge is 0.233 e. The fraction of sp³-hybridized carbons (Fsp3) is 0.548. The van der Waals surface area contributed by atoms with Crippen molar-refractivity contribution in [3.8, 4) is 11.8 Å². The second-order valence-corrected chi connectivity index (χ2v) is 11.3. The summed E-state index contributed by atoms with van der Waals surface area (Å²) in [5.74, 6) is 7.31. The Balaban J connectivity index is 1.68. The van der Waals surface area contributed by atoms with E-state index in [-0.39, 0.29) is 10.8 Å². The molecular weight excluding hydrogens is 391 g/mol. The minimum Gasteiger partial charge on any atom is -0.233 e. The Bertz CT molecular complexity index is 1060. The molecule has 0 amide bonds. The maximum absolute atomic E-state index is 15.6.